The lowest BCUT2D eigenvalue weighted by Gasteiger charge is -2.19. The molecule has 1 amide bonds. The summed E-state index contributed by atoms with van der Waals surface area (Å²) in [5, 5.41) is 12.2. The van der Waals surface area contributed by atoms with Crippen molar-refractivity contribution >= 4 is 23.2 Å². The Hall–Kier alpha value is -1.10. The molecule has 0 unspecified atom stereocenters. The minimum atomic E-state index is -0.0722. The van der Waals surface area contributed by atoms with E-state index in [4.69, 9.17) is 16.7 Å². The number of carbonyl (C=O) groups is 1. The van der Waals surface area contributed by atoms with Crippen LogP contribution in [0.3, 0.4) is 0 Å². The Balaban J connectivity index is 2.45. The van der Waals surface area contributed by atoms with Crippen molar-refractivity contribution in [3.05, 3.63) is 29.3 Å². The quantitative estimate of drug-likeness (QED) is 0.797. The van der Waals surface area contributed by atoms with E-state index in [1.54, 1.807) is 24.3 Å². The Bertz CT molecular complexity index is 385. The van der Waals surface area contributed by atoms with Crippen molar-refractivity contribution in [3.63, 3.8) is 0 Å². The second-order valence-corrected chi connectivity index (χ2v) is 4.44. The van der Waals surface area contributed by atoms with Crippen LogP contribution in [0.5, 0.6) is 0 Å². The summed E-state index contributed by atoms with van der Waals surface area (Å²) in [6.45, 7) is 3.96. The second-order valence-electron chi connectivity index (χ2n) is 4.00. The fourth-order valence-corrected chi connectivity index (χ4v) is 1.80. The fourth-order valence-electron chi connectivity index (χ4n) is 1.61. The molecular formula is C13H19ClN2O2. The molecule has 100 valence electrons. The van der Waals surface area contributed by atoms with Gasteiger partial charge in [0.05, 0.1) is 6.54 Å². The third kappa shape index (κ3) is 5.49. The standard InChI is InChI=1S/C13H19ClN2O2/c1-2-16(7-4-8-17)10-13(18)15-12-6-3-5-11(14)9-12/h3,5-6,9,17H,2,4,7-8,10H2,1H3,(H,15,18). The third-order valence-electron chi connectivity index (χ3n) is 2.56. The minimum Gasteiger partial charge on any atom is -0.396 e. The lowest BCUT2D eigenvalue weighted by atomic mass is 10.3. The summed E-state index contributed by atoms with van der Waals surface area (Å²) in [6, 6.07) is 7.06. The molecule has 0 aliphatic rings. The molecule has 4 nitrogen and oxygen atoms in total. The van der Waals surface area contributed by atoms with Gasteiger partial charge in [-0.2, -0.15) is 0 Å². The highest BCUT2D eigenvalue weighted by Crippen LogP contribution is 2.14. The molecule has 0 radical (unpaired) electrons. The van der Waals surface area contributed by atoms with E-state index in [0.717, 1.165) is 13.1 Å². The average molecular weight is 271 g/mol. The molecule has 0 saturated heterocycles. The number of amides is 1. The summed E-state index contributed by atoms with van der Waals surface area (Å²) < 4.78 is 0. The lowest BCUT2D eigenvalue weighted by molar-refractivity contribution is -0.117. The highest BCUT2D eigenvalue weighted by atomic mass is 35.5. The van der Waals surface area contributed by atoms with Crippen molar-refractivity contribution in [2.45, 2.75) is 13.3 Å². The molecule has 1 aromatic carbocycles. The van der Waals surface area contributed by atoms with Crippen molar-refractivity contribution in [1.82, 2.24) is 4.90 Å². The number of nitrogens with zero attached hydrogens (tertiary/aromatic N) is 1. The van der Waals surface area contributed by atoms with Crippen LogP contribution in [0.1, 0.15) is 13.3 Å². The molecule has 0 heterocycles. The molecule has 18 heavy (non-hydrogen) atoms. The fraction of sp³-hybridized carbons (Fsp3) is 0.462. The zero-order valence-electron chi connectivity index (χ0n) is 10.5. The number of rotatable bonds is 7. The number of anilines is 1. The van der Waals surface area contributed by atoms with E-state index >= 15 is 0 Å². The Kier molecular flexibility index (Phi) is 6.72. The molecule has 0 fully saturated rings. The molecule has 2 N–H and O–H groups in total. The molecule has 5 heteroatoms. The minimum absolute atomic E-state index is 0.0722. The van der Waals surface area contributed by atoms with Crippen LogP contribution in [0.4, 0.5) is 5.69 Å². The van der Waals surface area contributed by atoms with E-state index in [1.807, 2.05) is 11.8 Å². The van der Waals surface area contributed by atoms with E-state index in [1.165, 1.54) is 0 Å². The molecule has 0 saturated carbocycles. The van der Waals surface area contributed by atoms with Crippen LogP contribution < -0.4 is 5.32 Å². The number of halogens is 1. The largest absolute Gasteiger partial charge is 0.396 e. The van der Waals surface area contributed by atoms with Gasteiger partial charge in [-0.15, -0.1) is 0 Å². The number of nitrogens with one attached hydrogen (secondary N) is 1. The number of carbonyl (C=O) groups excluding carboxylic acids is 1. The summed E-state index contributed by atoms with van der Waals surface area (Å²) in [4.78, 5) is 13.8. The predicted molar refractivity (Wildman–Crippen MR) is 73.9 cm³/mol. The van der Waals surface area contributed by atoms with Crippen LogP contribution >= 0.6 is 11.6 Å². The van der Waals surface area contributed by atoms with Crippen LogP contribution in [0, 0.1) is 0 Å². The van der Waals surface area contributed by atoms with Gasteiger partial charge in [-0.25, -0.2) is 0 Å². The number of aliphatic hydroxyl groups is 1. The highest BCUT2D eigenvalue weighted by Gasteiger charge is 2.08. The first-order chi connectivity index (χ1) is 8.65. The van der Waals surface area contributed by atoms with E-state index < -0.39 is 0 Å². The number of hydrogen-bond donors (Lipinski definition) is 2. The van der Waals surface area contributed by atoms with Gasteiger partial charge in [-0.05, 0) is 31.2 Å². The van der Waals surface area contributed by atoms with E-state index in [9.17, 15) is 4.79 Å². The maximum absolute atomic E-state index is 11.8. The summed E-state index contributed by atoms with van der Waals surface area (Å²) in [7, 11) is 0. The summed E-state index contributed by atoms with van der Waals surface area (Å²) in [6.07, 6.45) is 0.679. The normalized spacial score (nSPS) is 10.7. The van der Waals surface area contributed by atoms with Crippen molar-refractivity contribution in [1.29, 1.82) is 0 Å². The van der Waals surface area contributed by atoms with Crippen LogP contribution in [-0.2, 0) is 4.79 Å². The van der Waals surface area contributed by atoms with Gasteiger partial charge in [0.2, 0.25) is 5.91 Å². The number of likely N-dealkylation sites (N-methyl/N-ethyl adjacent to an activating group) is 1. The molecule has 0 bridgehead atoms. The molecule has 0 aromatic heterocycles. The molecule has 0 aliphatic carbocycles. The Morgan fingerprint density at radius 2 is 2.28 bits per heavy atom. The Labute approximate surface area is 113 Å². The van der Waals surface area contributed by atoms with Crippen molar-refractivity contribution < 1.29 is 9.90 Å². The van der Waals surface area contributed by atoms with E-state index in [-0.39, 0.29) is 12.5 Å². The molecule has 0 atom stereocenters. The highest BCUT2D eigenvalue weighted by molar-refractivity contribution is 6.30. The summed E-state index contributed by atoms with van der Waals surface area (Å²) >= 11 is 5.84. The van der Waals surface area contributed by atoms with E-state index in [2.05, 4.69) is 5.32 Å². The average Bonchev–Trinajstić information content (AvgIpc) is 2.34. The molecular weight excluding hydrogens is 252 g/mol. The van der Waals surface area contributed by atoms with Crippen LogP contribution in [0.15, 0.2) is 24.3 Å². The number of aliphatic hydroxyl groups excluding tert-OH is 1. The van der Waals surface area contributed by atoms with Crippen LogP contribution in [0.25, 0.3) is 0 Å². The Morgan fingerprint density at radius 3 is 2.89 bits per heavy atom. The maximum Gasteiger partial charge on any atom is 0.238 e. The monoisotopic (exact) mass is 270 g/mol. The molecule has 0 aliphatic heterocycles. The lowest BCUT2D eigenvalue weighted by Crippen LogP contribution is -2.34. The zero-order valence-corrected chi connectivity index (χ0v) is 11.3. The van der Waals surface area contributed by atoms with Gasteiger partial charge in [0.15, 0.2) is 0 Å². The van der Waals surface area contributed by atoms with Gasteiger partial charge < -0.3 is 10.4 Å². The SMILES string of the molecule is CCN(CCCO)CC(=O)Nc1cccc(Cl)c1. The van der Waals surface area contributed by atoms with Crippen molar-refractivity contribution in [2.75, 3.05) is 31.6 Å². The van der Waals surface area contributed by atoms with Gasteiger partial charge in [-0.3, -0.25) is 9.69 Å². The van der Waals surface area contributed by atoms with E-state index in [0.29, 0.717) is 23.7 Å². The first kappa shape index (κ1) is 15.0. The zero-order chi connectivity index (χ0) is 13.4. The van der Waals surface area contributed by atoms with Crippen LogP contribution in [0.2, 0.25) is 5.02 Å². The third-order valence-corrected chi connectivity index (χ3v) is 2.79. The van der Waals surface area contributed by atoms with Crippen LogP contribution in [-0.4, -0.2) is 42.2 Å². The number of hydrogen-bond acceptors (Lipinski definition) is 3. The van der Waals surface area contributed by atoms with Gasteiger partial charge in [-0.1, -0.05) is 24.6 Å². The van der Waals surface area contributed by atoms with Gasteiger partial charge >= 0.3 is 0 Å². The molecule has 1 rings (SSSR count). The molecule has 1 aromatic rings. The van der Waals surface area contributed by atoms with Crippen molar-refractivity contribution in [2.24, 2.45) is 0 Å². The smallest absolute Gasteiger partial charge is 0.238 e. The first-order valence-corrected chi connectivity index (χ1v) is 6.42. The predicted octanol–water partition coefficient (Wildman–Crippen LogP) is 1.98. The van der Waals surface area contributed by atoms with Gasteiger partial charge in [0, 0.05) is 23.9 Å². The van der Waals surface area contributed by atoms with Gasteiger partial charge in [0.25, 0.3) is 0 Å². The Morgan fingerprint density at radius 1 is 1.50 bits per heavy atom. The topological polar surface area (TPSA) is 52.6 Å². The molecule has 0 spiro atoms. The van der Waals surface area contributed by atoms with Crippen molar-refractivity contribution in [3.8, 4) is 0 Å². The van der Waals surface area contributed by atoms with Gasteiger partial charge in [0.1, 0.15) is 0 Å². The first-order valence-electron chi connectivity index (χ1n) is 6.04. The second kappa shape index (κ2) is 8.08. The maximum atomic E-state index is 11.8. The number of benzene rings is 1. The summed E-state index contributed by atoms with van der Waals surface area (Å²) in [5.74, 6) is -0.0722. The summed E-state index contributed by atoms with van der Waals surface area (Å²) in [5.41, 5.74) is 0.700.